The molecule has 3 heteroatoms. The molecule has 0 radical (unpaired) electrons. The van der Waals surface area contributed by atoms with E-state index in [1.54, 1.807) is 0 Å². The Hall–Kier alpha value is 0.200. The maximum Gasteiger partial charge on any atom is 0.0989 e. The summed E-state index contributed by atoms with van der Waals surface area (Å²) in [5.41, 5.74) is 0. The smallest absolute Gasteiger partial charge is 0.0989 e. The molecule has 2 aliphatic rings. The van der Waals surface area contributed by atoms with Crippen LogP contribution in [0, 0.1) is 0 Å². The second kappa shape index (κ2) is 3.55. The lowest BCUT2D eigenvalue weighted by Crippen LogP contribution is -2.29. The molecule has 0 spiro atoms. The van der Waals surface area contributed by atoms with E-state index < -0.39 is 0 Å². The van der Waals surface area contributed by atoms with Gasteiger partial charge in [-0.3, -0.25) is 4.99 Å². The van der Waals surface area contributed by atoms with Crippen LogP contribution in [0.2, 0.25) is 0 Å². The fourth-order valence-electron chi connectivity index (χ4n) is 1.60. The standard InChI is InChI=1S/C7H12N2.HI/c1-3-7-8-4-2-6-9(7)5-1;/h1-6H2;1H. The first-order valence-corrected chi connectivity index (χ1v) is 3.75. The van der Waals surface area contributed by atoms with Gasteiger partial charge in [-0.1, -0.05) is 0 Å². The third-order valence-electron chi connectivity index (χ3n) is 2.07. The van der Waals surface area contributed by atoms with E-state index >= 15 is 0 Å². The molecule has 1 fully saturated rings. The fourth-order valence-corrected chi connectivity index (χ4v) is 1.60. The second-order valence-corrected chi connectivity index (χ2v) is 2.74. The average molecular weight is 252 g/mol. The lowest BCUT2D eigenvalue weighted by molar-refractivity contribution is 0.427. The predicted molar refractivity (Wildman–Crippen MR) is 53.1 cm³/mol. The van der Waals surface area contributed by atoms with Gasteiger partial charge in [-0.15, -0.1) is 24.0 Å². The third kappa shape index (κ3) is 1.44. The van der Waals surface area contributed by atoms with Crippen molar-refractivity contribution in [2.24, 2.45) is 4.99 Å². The van der Waals surface area contributed by atoms with Crippen molar-refractivity contribution in [1.29, 1.82) is 0 Å². The highest BCUT2D eigenvalue weighted by atomic mass is 127. The molecule has 0 amide bonds. The van der Waals surface area contributed by atoms with Gasteiger partial charge < -0.3 is 4.90 Å². The van der Waals surface area contributed by atoms with Crippen LogP contribution < -0.4 is 0 Å². The van der Waals surface area contributed by atoms with Gasteiger partial charge in [0.25, 0.3) is 0 Å². The molecule has 2 nitrogen and oxygen atoms in total. The van der Waals surface area contributed by atoms with Gasteiger partial charge in [0.15, 0.2) is 0 Å². The number of aliphatic imine (C=N–C) groups is 1. The lowest BCUT2D eigenvalue weighted by Gasteiger charge is -2.21. The number of amidine groups is 1. The van der Waals surface area contributed by atoms with Gasteiger partial charge in [-0.25, -0.2) is 0 Å². The molecule has 0 atom stereocenters. The molecule has 0 aliphatic carbocycles. The summed E-state index contributed by atoms with van der Waals surface area (Å²) in [6.07, 6.45) is 3.84. The Balaban J connectivity index is 0.000000500. The van der Waals surface area contributed by atoms with E-state index in [0.29, 0.717) is 0 Å². The maximum atomic E-state index is 4.43. The summed E-state index contributed by atoms with van der Waals surface area (Å²) in [5.74, 6) is 1.38. The zero-order chi connectivity index (χ0) is 6.10. The van der Waals surface area contributed by atoms with Crippen molar-refractivity contribution in [1.82, 2.24) is 4.90 Å². The Labute approximate surface area is 78.7 Å². The number of hydrogen-bond donors (Lipinski definition) is 0. The highest BCUT2D eigenvalue weighted by Gasteiger charge is 2.19. The molecule has 0 aromatic rings. The molecular formula is C7H13IN2. The minimum Gasteiger partial charge on any atom is -0.360 e. The summed E-state index contributed by atoms with van der Waals surface area (Å²) in [6.45, 7) is 3.60. The maximum absolute atomic E-state index is 4.43. The minimum atomic E-state index is 0. The van der Waals surface area contributed by atoms with E-state index in [0.717, 1.165) is 6.54 Å². The van der Waals surface area contributed by atoms with Crippen LogP contribution in [0.15, 0.2) is 4.99 Å². The zero-order valence-electron chi connectivity index (χ0n) is 6.05. The van der Waals surface area contributed by atoms with Crippen LogP contribution in [0.25, 0.3) is 0 Å². The third-order valence-corrected chi connectivity index (χ3v) is 2.07. The van der Waals surface area contributed by atoms with Crippen LogP contribution in [0.5, 0.6) is 0 Å². The summed E-state index contributed by atoms with van der Waals surface area (Å²) < 4.78 is 0. The summed E-state index contributed by atoms with van der Waals surface area (Å²) in [4.78, 5) is 6.85. The molecule has 2 rings (SSSR count). The van der Waals surface area contributed by atoms with Gasteiger partial charge in [0.05, 0.1) is 5.84 Å². The van der Waals surface area contributed by atoms with Crippen molar-refractivity contribution in [3.05, 3.63) is 0 Å². The molecule has 10 heavy (non-hydrogen) atoms. The number of hydrogen-bond acceptors (Lipinski definition) is 2. The number of nitrogens with zero attached hydrogens (tertiary/aromatic N) is 2. The first-order chi connectivity index (χ1) is 4.47. The van der Waals surface area contributed by atoms with Crippen molar-refractivity contribution in [3.8, 4) is 0 Å². The number of rotatable bonds is 0. The molecule has 0 aromatic heterocycles. The average Bonchev–Trinajstić information content (AvgIpc) is 2.33. The van der Waals surface area contributed by atoms with E-state index in [9.17, 15) is 0 Å². The Kier molecular flexibility index (Phi) is 2.95. The molecule has 0 bridgehead atoms. The topological polar surface area (TPSA) is 15.6 Å². The quantitative estimate of drug-likeness (QED) is 0.596. The molecule has 2 aliphatic heterocycles. The first kappa shape index (κ1) is 8.30. The summed E-state index contributed by atoms with van der Waals surface area (Å²) in [6, 6.07) is 0. The Morgan fingerprint density at radius 1 is 1.20 bits per heavy atom. The Morgan fingerprint density at radius 2 is 2.00 bits per heavy atom. The summed E-state index contributed by atoms with van der Waals surface area (Å²) >= 11 is 0. The Bertz CT molecular complexity index is 145. The van der Waals surface area contributed by atoms with E-state index in [-0.39, 0.29) is 24.0 Å². The molecule has 0 N–H and O–H groups in total. The van der Waals surface area contributed by atoms with Gasteiger partial charge in [0.1, 0.15) is 0 Å². The van der Waals surface area contributed by atoms with Gasteiger partial charge in [-0.2, -0.15) is 0 Å². The summed E-state index contributed by atoms with van der Waals surface area (Å²) in [7, 11) is 0. The van der Waals surface area contributed by atoms with Crippen LogP contribution >= 0.6 is 24.0 Å². The zero-order valence-corrected chi connectivity index (χ0v) is 8.38. The molecular weight excluding hydrogens is 239 g/mol. The molecule has 1 saturated heterocycles. The molecule has 2 heterocycles. The first-order valence-electron chi connectivity index (χ1n) is 3.75. The molecule has 0 unspecified atom stereocenters. The van der Waals surface area contributed by atoms with Crippen LogP contribution in [-0.4, -0.2) is 30.4 Å². The summed E-state index contributed by atoms with van der Waals surface area (Å²) in [5, 5.41) is 0. The van der Waals surface area contributed by atoms with Crippen LogP contribution in [-0.2, 0) is 0 Å². The Morgan fingerprint density at radius 3 is 2.80 bits per heavy atom. The van der Waals surface area contributed by atoms with Crippen LogP contribution in [0.1, 0.15) is 19.3 Å². The predicted octanol–water partition coefficient (Wildman–Crippen LogP) is 1.50. The number of halogens is 1. The van der Waals surface area contributed by atoms with Crippen LogP contribution in [0.4, 0.5) is 0 Å². The largest absolute Gasteiger partial charge is 0.360 e. The van der Waals surface area contributed by atoms with Gasteiger partial charge in [0, 0.05) is 26.1 Å². The fraction of sp³-hybridized carbons (Fsp3) is 0.857. The monoisotopic (exact) mass is 252 g/mol. The van der Waals surface area contributed by atoms with E-state index in [1.165, 1.54) is 38.2 Å². The second-order valence-electron chi connectivity index (χ2n) is 2.74. The highest BCUT2D eigenvalue weighted by Crippen LogP contribution is 2.14. The minimum absolute atomic E-state index is 0. The van der Waals surface area contributed by atoms with E-state index in [1.807, 2.05) is 0 Å². The lowest BCUT2D eigenvalue weighted by atomic mass is 10.3. The normalized spacial score (nSPS) is 23.2. The number of fused-ring (bicyclic) bond motifs is 1. The van der Waals surface area contributed by atoms with Crippen LogP contribution in [0.3, 0.4) is 0 Å². The molecule has 0 aromatic carbocycles. The van der Waals surface area contributed by atoms with Crippen molar-refractivity contribution in [2.75, 3.05) is 19.6 Å². The van der Waals surface area contributed by atoms with Gasteiger partial charge in [0.2, 0.25) is 0 Å². The SMILES string of the molecule is C1CN=C2CCCN2C1.I. The van der Waals surface area contributed by atoms with E-state index in [4.69, 9.17) is 0 Å². The van der Waals surface area contributed by atoms with Crippen molar-refractivity contribution >= 4 is 29.8 Å². The molecule has 58 valence electrons. The van der Waals surface area contributed by atoms with Crippen molar-refractivity contribution in [3.63, 3.8) is 0 Å². The van der Waals surface area contributed by atoms with Crippen molar-refractivity contribution in [2.45, 2.75) is 19.3 Å². The highest BCUT2D eigenvalue weighted by molar-refractivity contribution is 14.0. The molecule has 0 saturated carbocycles. The van der Waals surface area contributed by atoms with Crippen molar-refractivity contribution < 1.29 is 0 Å². The van der Waals surface area contributed by atoms with Gasteiger partial charge >= 0.3 is 0 Å². The van der Waals surface area contributed by atoms with Gasteiger partial charge in [-0.05, 0) is 12.8 Å². The van der Waals surface area contributed by atoms with E-state index in [2.05, 4.69) is 9.89 Å².